The Balaban J connectivity index is 2.19. The number of benzene rings is 1. The second-order valence-electron chi connectivity index (χ2n) is 3.18. The van der Waals surface area contributed by atoms with E-state index in [1.165, 1.54) is 12.4 Å². The summed E-state index contributed by atoms with van der Waals surface area (Å²) in [5.74, 6) is -0.237. The van der Waals surface area contributed by atoms with Gasteiger partial charge in [-0.25, -0.2) is 0 Å². The van der Waals surface area contributed by atoms with Crippen molar-refractivity contribution in [2.24, 2.45) is 0 Å². The molecule has 2 aromatic rings. The first-order valence-corrected chi connectivity index (χ1v) is 5.11. The van der Waals surface area contributed by atoms with Crippen LogP contribution >= 0.6 is 11.6 Å². The molecule has 0 bridgehead atoms. The number of pyridine rings is 1. The maximum Gasteiger partial charge on any atom is 0.257 e. The normalized spacial score (nSPS) is 9.81. The van der Waals surface area contributed by atoms with Crippen molar-refractivity contribution < 1.29 is 4.79 Å². The van der Waals surface area contributed by atoms with Crippen LogP contribution in [-0.4, -0.2) is 10.9 Å². The lowest BCUT2D eigenvalue weighted by Crippen LogP contribution is -2.12. The summed E-state index contributed by atoms with van der Waals surface area (Å²) in [7, 11) is 0. The molecule has 0 saturated heterocycles. The Morgan fingerprint density at radius 2 is 1.94 bits per heavy atom. The van der Waals surface area contributed by atoms with Crippen molar-refractivity contribution in [3.8, 4) is 0 Å². The van der Waals surface area contributed by atoms with Gasteiger partial charge in [0.15, 0.2) is 0 Å². The van der Waals surface area contributed by atoms with Gasteiger partial charge < -0.3 is 5.32 Å². The molecule has 1 amide bonds. The number of amides is 1. The van der Waals surface area contributed by atoms with Crippen LogP contribution in [0.4, 0.5) is 5.69 Å². The van der Waals surface area contributed by atoms with Gasteiger partial charge in [-0.3, -0.25) is 9.78 Å². The maximum atomic E-state index is 11.8. The van der Waals surface area contributed by atoms with Gasteiger partial charge in [-0.15, -0.1) is 0 Å². The molecule has 16 heavy (non-hydrogen) atoms. The molecule has 80 valence electrons. The minimum absolute atomic E-state index is 0.237. The standard InChI is InChI=1S/C12H9ClN2O/c13-11-8-14-7-6-10(11)12(16)15-9-4-2-1-3-5-9/h1-8H,(H,15,16). The molecule has 0 atom stereocenters. The number of anilines is 1. The lowest BCUT2D eigenvalue weighted by atomic mass is 10.2. The molecule has 0 aliphatic heterocycles. The van der Waals surface area contributed by atoms with E-state index in [4.69, 9.17) is 11.6 Å². The van der Waals surface area contributed by atoms with Crippen LogP contribution < -0.4 is 5.32 Å². The molecular formula is C12H9ClN2O. The molecule has 0 fully saturated rings. The first-order valence-electron chi connectivity index (χ1n) is 4.73. The Bertz CT molecular complexity index is 499. The third kappa shape index (κ3) is 2.38. The quantitative estimate of drug-likeness (QED) is 0.865. The zero-order valence-corrected chi connectivity index (χ0v) is 9.11. The zero-order chi connectivity index (χ0) is 11.4. The van der Waals surface area contributed by atoms with Crippen LogP contribution in [0.3, 0.4) is 0 Å². The van der Waals surface area contributed by atoms with Crippen molar-refractivity contribution in [3.63, 3.8) is 0 Å². The van der Waals surface area contributed by atoms with Crippen molar-refractivity contribution in [2.75, 3.05) is 5.32 Å². The van der Waals surface area contributed by atoms with Crippen molar-refractivity contribution in [3.05, 3.63) is 59.4 Å². The predicted octanol–water partition coefficient (Wildman–Crippen LogP) is 2.99. The predicted molar refractivity (Wildman–Crippen MR) is 63.6 cm³/mol. The topological polar surface area (TPSA) is 42.0 Å². The van der Waals surface area contributed by atoms with Gasteiger partial charge in [0.25, 0.3) is 5.91 Å². The van der Waals surface area contributed by atoms with Gasteiger partial charge in [0.05, 0.1) is 10.6 Å². The number of hydrogen-bond acceptors (Lipinski definition) is 2. The summed E-state index contributed by atoms with van der Waals surface area (Å²) in [6.07, 6.45) is 2.98. The highest BCUT2D eigenvalue weighted by atomic mass is 35.5. The van der Waals surface area contributed by atoms with Crippen molar-refractivity contribution >= 4 is 23.2 Å². The van der Waals surface area contributed by atoms with E-state index in [2.05, 4.69) is 10.3 Å². The summed E-state index contributed by atoms with van der Waals surface area (Å²) in [4.78, 5) is 15.6. The fourth-order valence-corrected chi connectivity index (χ4v) is 1.48. The molecule has 0 unspecified atom stereocenters. The van der Waals surface area contributed by atoms with E-state index >= 15 is 0 Å². The zero-order valence-electron chi connectivity index (χ0n) is 8.35. The first kappa shape index (κ1) is 10.6. The highest BCUT2D eigenvalue weighted by Gasteiger charge is 2.09. The number of nitrogens with one attached hydrogen (secondary N) is 1. The fraction of sp³-hybridized carbons (Fsp3) is 0. The Morgan fingerprint density at radius 3 is 2.62 bits per heavy atom. The van der Waals surface area contributed by atoms with Gasteiger partial charge in [-0.2, -0.15) is 0 Å². The van der Waals surface area contributed by atoms with Crippen molar-refractivity contribution in [1.29, 1.82) is 0 Å². The van der Waals surface area contributed by atoms with Crippen LogP contribution in [0.5, 0.6) is 0 Å². The van der Waals surface area contributed by atoms with E-state index in [1.807, 2.05) is 30.3 Å². The highest BCUT2D eigenvalue weighted by Crippen LogP contribution is 2.15. The summed E-state index contributed by atoms with van der Waals surface area (Å²) in [6, 6.07) is 10.8. The molecule has 1 N–H and O–H groups in total. The van der Waals surface area contributed by atoms with Gasteiger partial charge in [0.1, 0.15) is 0 Å². The van der Waals surface area contributed by atoms with Gasteiger partial charge in [0.2, 0.25) is 0 Å². The summed E-state index contributed by atoms with van der Waals surface area (Å²) >= 11 is 5.86. The van der Waals surface area contributed by atoms with Crippen LogP contribution in [-0.2, 0) is 0 Å². The molecule has 0 aliphatic carbocycles. The summed E-state index contributed by atoms with van der Waals surface area (Å²) in [5, 5.41) is 3.09. The number of rotatable bonds is 2. The van der Waals surface area contributed by atoms with E-state index in [0.29, 0.717) is 10.6 Å². The van der Waals surface area contributed by atoms with E-state index < -0.39 is 0 Å². The third-order valence-electron chi connectivity index (χ3n) is 2.05. The van der Waals surface area contributed by atoms with Crippen LogP contribution in [0.15, 0.2) is 48.8 Å². The van der Waals surface area contributed by atoms with E-state index in [9.17, 15) is 4.79 Å². The number of aromatic nitrogens is 1. The smallest absolute Gasteiger partial charge is 0.257 e. The number of carbonyl (C=O) groups excluding carboxylic acids is 1. The SMILES string of the molecule is O=C(Nc1ccccc1)c1ccncc1Cl. The first-order chi connectivity index (χ1) is 7.77. The average Bonchev–Trinajstić information content (AvgIpc) is 2.31. The molecule has 1 aromatic heterocycles. The third-order valence-corrected chi connectivity index (χ3v) is 2.35. The number of hydrogen-bond donors (Lipinski definition) is 1. The molecular weight excluding hydrogens is 224 g/mol. The second-order valence-corrected chi connectivity index (χ2v) is 3.58. The van der Waals surface area contributed by atoms with E-state index in [0.717, 1.165) is 5.69 Å². The van der Waals surface area contributed by atoms with E-state index in [-0.39, 0.29) is 5.91 Å². The number of halogens is 1. The van der Waals surface area contributed by atoms with Crippen molar-refractivity contribution in [2.45, 2.75) is 0 Å². The maximum absolute atomic E-state index is 11.8. The molecule has 1 aromatic carbocycles. The minimum Gasteiger partial charge on any atom is -0.322 e. The minimum atomic E-state index is -0.237. The van der Waals surface area contributed by atoms with E-state index in [1.54, 1.807) is 6.07 Å². The van der Waals surface area contributed by atoms with Crippen molar-refractivity contribution in [1.82, 2.24) is 4.98 Å². The van der Waals surface area contributed by atoms with Gasteiger partial charge >= 0.3 is 0 Å². The Hall–Kier alpha value is -1.87. The molecule has 2 rings (SSSR count). The molecule has 4 heteroatoms. The Morgan fingerprint density at radius 1 is 1.19 bits per heavy atom. The molecule has 0 radical (unpaired) electrons. The Kier molecular flexibility index (Phi) is 3.17. The van der Waals surface area contributed by atoms with Crippen LogP contribution in [0.25, 0.3) is 0 Å². The monoisotopic (exact) mass is 232 g/mol. The molecule has 3 nitrogen and oxygen atoms in total. The van der Waals surface area contributed by atoms with Gasteiger partial charge in [-0.1, -0.05) is 29.8 Å². The lowest BCUT2D eigenvalue weighted by Gasteiger charge is -2.05. The summed E-state index contributed by atoms with van der Waals surface area (Å²) < 4.78 is 0. The molecule has 0 spiro atoms. The fourth-order valence-electron chi connectivity index (χ4n) is 1.28. The average molecular weight is 233 g/mol. The number of carbonyl (C=O) groups is 1. The largest absolute Gasteiger partial charge is 0.322 e. The van der Waals surface area contributed by atoms with Crippen LogP contribution in [0.2, 0.25) is 5.02 Å². The summed E-state index contributed by atoms with van der Waals surface area (Å²) in [5.41, 5.74) is 1.15. The molecule has 0 aliphatic rings. The van der Waals surface area contributed by atoms with Crippen LogP contribution in [0, 0.1) is 0 Å². The molecule has 1 heterocycles. The summed E-state index contributed by atoms with van der Waals surface area (Å²) in [6.45, 7) is 0. The highest BCUT2D eigenvalue weighted by molar-refractivity contribution is 6.34. The van der Waals surface area contributed by atoms with Gasteiger partial charge in [0, 0.05) is 18.1 Å². The Labute approximate surface area is 98.1 Å². The second kappa shape index (κ2) is 4.77. The lowest BCUT2D eigenvalue weighted by molar-refractivity contribution is 0.102. The number of para-hydroxylation sites is 1. The number of nitrogens with zero attached hydrogens (tertiary/aromatic N) is 1. The van der Waals surface area contributed by atoms with Crippen LogP contribution in [0.1, 0.15) is 10.4 Å². The van der Waals surface area contributed by atoms with Gasteiger partial charge in [-0.05, 0) is 18.2 Å². The molecule has 0 saturated carbocycles.